The van der Waals surface area contributed by atoms with Gasteiger partial charge in [0.25, 0.3) is 8.32 Å². The van der Waals surface area contributed by atoms with Crippen LogP contribution in [0.5, 0.6) is 11.5 Å². The molecule has 0 saturated heterocycles. The van der Waals surface area contributed by atoms with Gasteiger partial charge >= 0.3 is 0 Å². The Morgan fingerprint density at radius 2 is 1.61 bits per heavy atom. The van der Waals surface area contributed by atoms with Crippen molar-refractivity contribution in [2.24, 2.45) is 0 Å². The van der Waals surface area contributed by atoms with E-state index in [1.165, 1.54) is 0 Å². The molecule has 1 aromatic rings. The van der Waals surface area contributed by atoms with Gasteiger partial charge in [0.15, 0.2) is 5.75 Å². The normalized spacial score (nSPS) is 12.1. The predicted octanol–water partition coefficient (Wildman–Crippen LogP) is 6.74. The molecular weight excluding hydrogens is 368 g/mol. The van der Waals surface area contributed by atoms with Crippen molar-refractivity contribution in [3.8, 4) is 11.5 Å². The maximum atomic E-state index is 6.89. The van der Waals surface area contributed by atoms with E-state index >= 15 is 0 Å². The number of allylic oxidation sites excluding steroid dienone is 1. The van der Waals surface area contributed by atoms with Crippen LogP contribution in [0.15, 0.2) is 29.3 Å². The third kappa shape index (κ3) is 4.21. The van der Waals surface area contributed by atoms with Crippen LogP contribution >= 0.6 is 15.9 Å². The second-order valence-corrected chi connectivity index (χ2v) is 13.3. The van der Waals surface area contributed by atoms with Gasteiger partial charge in [-0.2, -0.15) is 0 Å². The number of ether oxygens (including phenoxy) is 1. The lowest BCUT2D eigenvalue weighted by molar-refractivity contribution is 0.381. The molecule has 0 saturated carbocycles. The number of hydrogen-bond donors (Lipinski definition) is 0. The van der Waals surface area contributed by atoms with Gasteiger partial charge in [0.05, 0.1) is 7.11 Å². The standard InChI is InChI=1S/C19H31BrO2Si/c1-9-10-16-11-17(20)12-18(21-8)19(16)22-23(13(2)3,14(4)5)15(6)7/h9,11-15H,1,10H2,2-8H3. The summed E-state index contributed by atoms with van der Waals surface area (Å²) in [7, 11) is -0.319. The van der Waals surface area contributed by atoms with Crippen molar-refractivity contribution >= 4 is 24.2 Å². The van der Waals surface area contributed by atoms with Crippen LogP contribution in [-0.2, 0) is 6.42 Å². The molecule has 0 aliphatic carbocycles. The van der Waals surface area contributed by atoms with Gasteiger partial charge in [0.1, 0.15) is 5.75 Å². The highest BCUT2D eigenvalue weighted by atomic mass is 79.9. The maximum absolute atomic E-state index is 6.89. The quantitative estimate of drug-likeness (QED) is 0.356. The summed E-state index contributed by atoms with van der Waals surface area (Å²) >= 11 is 3.57. The third-order valence-electron chi connectivity index (χ3n) is 4.67. The molecule has 2 nitrogen and oxygen atoms in total. The highest BCUT2D eigenvalue weighted by molar-refractivity contribution is 9.10. The van der Waals surface area contributed by atoms with Crippen molar-refractivity contribution in [1.82, 2.24) is 0 Å². The molecule has 1 rings (SSSR count). The molecule has 23 heavy (non-hydrogen) atoms. The fraction of sp³-hybridized carbons (Fsp3) is 0.579. The number of hydrogen-bond acceptors (Lipinski definition) is 2. The van der Waals surface area contributed by atoms with Crippen LogP contribution in [0.1, 0.15) is 47.1 Å². The van der Waals surface area contributed by atoms with Crippen LogP contribution in [0.2, 0.25) is 16.6 Å². The van der Waals surface area contributed by atoms with E-state index in [0.717, 1.165) is 28.0 Å². The van der Waals surface area contributed by atoms with Gasteiger partial charge in [-0.1, -0.05) is 63.5 Å². The highest BCUT2D eigenvalue weighted by Gasteiger charge is 2.47. The lowest BCUT2D eigenvalue weighted by atomic mass is 10.1. The highest BCUT2D eigenvalue weighted by Crippen LogP contribution is 2.46. The van der Waals surface area contributed by atoms with Crippen LogP contribution in [-0.4, -0.2) is 15.4 Å². The molecule has 0 unspecified atom stereocenters. The van der Waals surface area contributed by atoms with Gasteiger partial charge in [-0.05, 0) is 35.2 Å². The monoisotopic (exact) mass is 398 g/mol. The molecule has 1 aromatic carbocycles. The van der Waals surface area contributed by atoms with Crippen molar-refractivity contribution < 1.29 is 9.16 Å². The predicted molar refractivity (Wildman–Crippen MR) is 106 cm³/mol. The second kappa shape index (κ2) is 8.38. The Hall–Kier alpha value is -0.743. The largest absolute Gasteiger partial charge is 0.540 e. The molecule has 0 aliphatic heterocycles. The molecule has 130 valence electrons. The van der Waals surface area contributed by atoms with Crippen LogP contribution < -0.4 is 9.16 Å². The summed E-state index contributed by atoms with van der Waals surface area (Å²) in [5.74, 6) is 1.70. The molecular formula is C19H31BrO2Si. The fourth-order valence-electron chi connectivity index (χ4n) is 3.73. The summed E-state index contributed by atoms with van der Waals surface area (Å²) in [5.41, 5.74) is 2.69. The molecule has 0 heterocycles. The van der Waals surface area contributed by atoms with Gasteiger partial charge in [-0.15, -0.1) is 6.58 Å². The van der Waals surface area contributed by atoms with E-state index in [4.69, 9.17) is 9.16 Å². The van der Waals surface area contributed by atoms with E-state index in [2.05, 4.69) is 70.1 Å². The van der Waals surface area contributed by atoms with Gasteiger partial charge < -0.3 is 9.16 Å². The molecule has 4 heteroatoms. The van der Waals surface area contributed by atoms with Gasteiger partial charge in [0.2, 0.25) is 0 Å². The van der Waals surface area contributed by atoms with Crippen LogP contribution in [0.3, 0.4) is 0 Å². The molecule has 0 aliphatic rings. The molecule has 0 atom stereocenters. The Balaban J connectivity index is 3.51. The van der Waals surface area contributed by atoms with E-state index < -0.39 is 8.32 Å². The maximum Gasteiger partial charge on any atom is 0.258 e. The van der Waals surface area contributed by atoms with E-state index in [-0.39, 0.29) is 0 Å². The molecule has 0 radical (unpaired) electrons. The molecule has 0 bridgehead atoms. The number of benzene rings is 1. The molecule has 0 aromatic heterocycles. The zero-order chi connectivity index (χ0) is 17.8. The van der Waals surface area contributed by atoms with Crippen molar-refractivity contribution in [2.45, 2.75) is 64.6 Å². The van der Waals surface area contributed by atoms with E-state index in [9.17, 15) is 0 Å². The Morgan fingerprint density at radius 1 is 1.09 bits per heavy atom. The summed E-state index contributed by atoms with van der Waals surface area (Å²) in [6.45, 7) is 17.7. The SMILES string of the molecule is C=CCc1cc(Br)cc(OC)c1O[Si](C(C)C)(C(C)C)C(C)C. The average molecular weight is 399 g/mol. The Bertz CT molecular complexity index is 517. The minimum Gasteiger partial charge on any atom is -0.540 e. The summed E-state index contributed by atoms with van der Waals surface area (Å²) < 4.78 is 13.5. The lowest BCUT2D eigenvalue weighted by Crippen LogP contribution is -2.51. The zero-order valence-electron chi connectivity index (χ0n) is 15.6. The fourth-order valence-corrected chi connectivity index (χ4v) is 9.50. The zero-order valence-corrected chi connectivity index (χ0v) is 18.2. The summed E-state index contributed by atoms with van der Waals surface area (Å²) in [6, 6.07) is 4.10. The minimum atomic E-state index is -2.02. The van der Waals surface area contributed by atoms with Crippen molar-refractivity contribution in [1.29, 1.82) is 0 Å². The number of halogens is 1. The van der Waals surface area contributed by atoms with E-state index in [1.54, 1.807) is 7.11 Å². The van der Waals surface area contributed by atoms with E-state index in [0.29, 0.717) is 16.6 Å². The average Bonchev–Trinajstić information content (AvgIpc) is 2.44. The minimum absolute atomic E-state index is 0.521. The Kier molecular flexibility index (Phi) is 7.40. The van der Waals surface area contributed by atoms with Crippen molar-refractivity contribution in [3.05, 3.63) is 34.8 Å². The number of methoxy groups -OCH3 is 1. The first-order chi connectivity index (χ1) is 10.7. The van der Waals surface area contributed by atoms with Crippen LogP contribution in [0.4, 0.5) is 0 Å². The van der Waals surface area contributed by atoms with Gasteiger partial charge in [-0.25, -0.2) is 0 Å². The van der Waals surface area contributed by atoms with Crippen LogP contribution in [0.25, 0.3) is 0 Å². The first-order valence-electron chi connectivity index (χ1n) is 8.36. The number of rotatable bonds is 8. The smallest absolute Gasteiger partial charge is 0.258 e. The Morgan fingerprint density at radius 3 is 2.00 bits per heavy atom. The van der Waals surface area contributed by atoms with Crippen LogP contribution in [0, 0.1) is 0 Å². The molecule has 0 N–H and O–H groups in total. The first kappa shape index (κ1) is 20.3. The Labute approximate surface area is 151 Å². The van der Waals surface area contributed by atoms with Gasteiger partial charge in [0, 0.05) is 10.0 Å². The topological polar surface area (TPSA) is 18.5 Å². The van der Waals surface area contributed by atoms with E-state index in [1.807, 2.05) is 12.1 Å². The summed E-state index contributed by atoms with van der Waals surface area (Å²) in [4.78, 5) is 0. The third-order valence-corrected chi connectivity index (χ3v) is 11.1. The second-order valence-electron chi connectivity index (χ2n) is 7.01. The lowest BCUT2D eigenvalue weighted by Gasteiger charge is -2.43. The van der Waals surface area contributed by atoms with Crippen molar-refractivity contribution in [3.63, 3.8) is 0 Å². The van der Waals surface area contributed by atoms with Gasteiger partial charge in [-0.3, -0.25) is 0 Å². The summed E-state index contributed by atoms with van der Waals surface area (Å²) in [6.07, 6.45) is 2.68. The molecule has 0 amide bonds. The first-order valence-corrected chi connectivity index (χ1v) is 11.3. The molecule has 0 fully saturated rings. The summed E-state index contributed by atoms with van der Waals surface area (Å²) in [5, 5.41) is 0. The molecule has 0 spiro atoms. The van der Waals surface area contributed by atoms with Crippen molar-refractivity contribution in [2.75, 3.05) is 7.11 Å².